The Balaban J connectivity index is 1.70. The first-order chi connectivity index (χ1) is 14.9. The van der Waals surface area contributed by atoms with Gasteiger partial charge in [-0.25, -0.2) is 0 Å². The van der Waals surface area contributed by atoms with Crippen molar-refractivity contribution < 1.29 is 0 Å². The predicted molar refractivity (Wildman–Crippen MR) is 131 cm³/mol. The van der Waals surface area contributed by atoms with Gasteiger partial charge in [0, 0.05) is 42.0 Å². The average molecular weight is 400 g/mol. The second-order valence-corrected chi connectivity index (χ2v) is 8.87. The van der Waals surface area contributed by atoms with Crippen molar-refractivity contribution in [3.05, 3.63) is 103 Å². The zero-order valence-corrected chi connectivity index (χ0v) is 17.0. The molecule has 30 heavy (non-hydrogen) atoms. The molecule has 2 aromatic heterocycles. The number of rotatable bonds is 1. The van der Waals surface area contributed by atoms with Crippen molar-refractivity contribution in [2.24, 2.45) is 0 Å². The van der Waals surface area contributed by atoms with E-state index < -0.39 is 0 Å². The van der Waals surface area contributed by atoms with Gasteiger partial charge in [0.25, 0.3) is 0 Å². The van der Waals surface area contributed by atoms with Crippen molar-refractivity contribution in [2.75, 3.05) is 0 Å². The van der Waals surface area contributed by atoms with E-state index in [0.717, 1.165) is 0 Å². The van der Waals surface area contributed by atoms with Crippen molar-refractivity contribution in [1.82, 2.24) is 4.57 Å². The fourth-order valence-electron chi connectivity index (χ4n) is 4.83. The SMILES string of the molecule is c1ccc(-n2c3ccccc3c3cc4ccc5c6ccccc6sc5c4cc32)cc1. The summed E-state index contributed by atoms with van der Waals surface area (Å²) in [5.74, 6) is 0. The number of aromatic nitrogens is 1. The lowest BCUT2D eigenvalue weighted by molar-refractivity contribution is 1.18. The fraction of sp³-hybridized carbons (Fsp3) is 0. The summed E-state index contributed by atoms with van der Waals surface area (Å²) in [7, 11) is 0. The number of nitrogens with zero attached hydrogens (tertiary/aromatic N) is 1. The molecule has 7 rings (SSSR count). The molecule has 0 amide bonds. The molecule has 0 spiro atoms. The first-order valence-corrected chi connectivity index (χ1v) is 11.0. The minimum Gasteiger partial charge on any atom is -0.309 e. The van der Waals surface area contributed by atoms with Crippen LogP contribution in [0.15, 0.2) is 103 Å². The lowest BCUT2D eigenvalue weighted by atomic mass is 10.0. The van der Waals surface area contributed by atoms with Crippen LogP contribution < -0.4 is 0 Å². The molecule has 0 atom stereocenters. The van der Waals surface area contributed by atoms with Gasteiger partial charge in [-0.05, 0) is 41.8 Å². The molecule has 2 heterocycles. The molecule has 0 aliphatic carbocycles. The third-order valence-corrected chi connectivity index (χ3v) is 7.39. The zero-order chi connectivity index (χ0) is 19.7. The number of benzene rings is 5. The molecule has 7 aromatic rings. The van der Waals surface area contributed by atoms with Crippen molar-refractivity contribution in [2.45, 2.75) is 0 Å². The van der Waals surface area contributed by atoms with Crippen LogP contribution in [0.25, 0.3) is 58.4 Å². The second-order valence-electron chi connectivity index (χ2n) is 7.82. The molecule has 0 bridgehead atoms. The maximum absolute atomic E-state index is 2.40. The molecule has 0 saturated heterocycles. The van der Waals surface area contributed by atoms with E-state index in [1.54, 1.807) is 0 Å². The number of fused-ring (bicyclic) bond motifs is 8. The summed E-state index contributed by atoms with van der Waals surface area (Å²) >= 11 is 1.90. The van der Waals surface area contributed by atoms with Crippen LogP contribution in [0.1, 0.15) is 0 Å². The largest absolute Gasteiger partial charge is 0.309 e. The van der Waals surface area contributed by atoms with E-state index in [0.29, 0.717) is 0 Å². The van der Waals surface area contributed by atoms with Crippen LogP contribution in [0.4, 0.5) is 0 Å². The highest BCUT2D eigenvalue weighted by Gasteiger charge is 2.15. The van der Waals surface area contributed by atoms with Crippen LogP contribution in [0, 0.1) is 0 Å². The molecular weight excluding hydrogens is 382 g/mol. The van der Waals surface area contributed by atoms with Crippen LogP contribution in [0.2, 0.25) is 0 Å². The molecule has 5 aromatic carbocycles. The van der Waals surface area contributed by atoms with Gasteiger partial charge in [0.15, 0.2) is 0 Å². The predicted octanol–water partition coefficient (Wildman–Crippen LogP) is 8.30. The monoisotopic (exact) mass is 399 g/mol. The van der Waals surface area contributed by atoms with E-state index in [1.807, 2.05) is 11.3 Å². The van der Waals surface area contributed by atoms with Crippen molar-refractivity contribution >= 4 is 64.1 Å². The van der Waals surface area contributed by atoms with Crippen LogP contribution in [0.5, 0.6) is 0 Å². The van der Waals surface area contributed by atoms with E-state index in [4.69, 9.17) is 0 Å². The van der Waals surface area contributed by atoms with Gasteiger partial charge < -0.3 is 4.57 Å². The number of hydrogen-bond donors (Lipinski definition) is 0. The highest BCUT2D eigenvalue weighted by atomic mass is 32.1. The number of thiophene rings is 1. The van der Waals surface area contributed by atoms with Crippen LogP contribution in [-0.2, 0) is 0 Å². The standard InChI is InChI=1S/C28H17NS/c1-2-8-19(9-3-1)29-25-12-6-4-10-20(25)24-16-18-14-15-22-21-11-5-7-13-27(21)30-28(22)23(18)17-26(24)29/h1-17H. The second kappa shape index (κ2) is 5.94. The third kappa shape index (κ3) is 2.11. The molecular formula is C28H17NS. The molecule has 0 saturated carbocycles. The number of para-hydroxylation sites is 2. The van der Waals surface area contributed by atoms with Crippen LogP contribution in [0.3, 0.4) is 0 Å². The minimum absolute atomic E-state index is 1.20. The fourth-order valence-corrected chi connectivity index (χ4v) is 6.05. The summed E-state index contributed by atoms with van der Waals surface area (Å²) < 4.78 is 5.13. The highest BCUT2D eigenvalue weighted by Crippen LogP contribution is 2.41. The third-order valence-electron chi connectivity index (χ3n) is 6.17. The van der Waals surface area contributed by atoms with Gasteiger partial charge in [-0.2, -0.15) is 0 Å². The Morgan fingerprint density at radius 3 is 2.17 bits per heavy atom. The smallest absolute Gasteiger partial charge is 0.0547 e. The van der Waals surface area contributed by atoms with E-state index >= 15 is 0 Å². The summed E-state index contributed by atoms with van der Waals surface area (Å²) in [6.07, 6.45) is 0. The van der Waals surface area contributed by atoms with E-state index in [-0.39, 0.29) is 0 Å². The first-order valence-electron chi connectivity index (χ1n) is 10.2. The van der Waals surface area contributed by atoms with Gasteiger partial charge in [0.05, 0.1) is 11.0 Å². The summed E-state index contributed by atoms with van der Waals surface area (Å²) in [5, 5.41) is 7.95. The highest BCUT2D eigenvalue weighted by molar-refractivity contribution is 7.26. The van der Waals surface area contributed by atoms with Gasteiger partial charge in [-0.15, -0.1) is 11.3 Å². The van der Waals surface area contributed by atoms with Gasteiger partial charge in [-0.3, -0.25) is 0 Å². The molecule has 0 radical (unpaired) electrons. The quantitative estimate of drug-likeness (QED) is 0.262. The zero-order valence-electron chi connectivity index (χ0n) is 16.2. The molecule has 0 N–H and O–H groups in total. The van der Waals surface area contributed by atoms with Gasteiger partial charge in [0.2, 0.25) is 0 Å². The maximum atomic E-state index is 2.40. The van der Waals surface area contributed by atoms with E-state index in [1.165, 1.54) is 58.4 Å². The molecule has 140 valence electrons. The summed E-state index contributed by atoms with van der Waals surface area (Å²) in [4.78, 5) is 0. The van der Waals surface area contributed by atoms with E-state index in [2.05, 4.69) is 108 Å². The Morgan fingerprint density at radius 2 is 1.27 bits per heavy atom. The van der Waals surface area contributed by atoms with Crippen LogP contribution >= 0.6 is 11.3 Å². The summed E-state index contributed by atoms with van der Waals surface area (Å²) in [5.41, 5.74) is 3.72. The van der Waals surface area contributed by atoms with Crippen LogP contribution in [-0.4, -0.2) is 4.57 Å². The topological polar surface area (TPSA) is 4.93 Å². The van der Waals surface area contributed by atoms with Gasteiger partial charge in [-0.1, -0.05) is 66.7 Å². The minimum atomic E-state index is 1.20. The normalized spacial score (nSPS) is 12.0. The first kappa shape index (κ1) is 16.2. The Kier molecular flexibility index (Phi) is 3.21. The Bertz CT molecular complexity index is 1740. The van der Waals surface area contributed by atoms with E-state index in [9.17, 15) is 0 Å². The summed E-state index contributed by atoms with van der Waals surface area (Å²) in [6.45, 7) is 0. The number of hydrogen-bond acceptors (Lipinski definition) is 1. The maximum Gasteiger partial charge on any atom is 0.0547 e. The molecule has 0 fully saturated rings. The van der Waals surface area contributed by atoms with Crippen molar-refractivity contribution in [3.8, 4) is 5.69 Å². The molecule has 0 unspecified atom stereocenters. The lowest BCUT2D eigenvalue weighted by Crippen LogP contribution is -1.92. The Hall–Kier alpha value is -3.62. The average Bonchev–Trinajstić information content (AvgIpc) is 3.34. The Morgan fingerprint density at radius 1 is 0.500 bits per heavy atom. The molecule has 1 nitrogen and oxygen atoms in total. The summed E-state index contributed by atoms with van der Waals surface area (Å²) in [6, 6.07) is 37.5. The Labute approximate surface area is 177 Å². The van der Waals surface area contributed by atoms with Crippen molar-refractivity contribution in [1.29, 1.82) is 0 Å². The molecule has 0 aliphatic heterocycles. The lowest BCUT2D eigenvalue weighted by Gasteiger charge is -2.08. The van der Waals surface area contributed by atoms with Gasteiger partial charge in [0.1, 0.15) is 0 Å². The van der Waals surface area contributed by atoms with Gasteiger partial charge >= 0.3 is 0 Å². The molecule has 0 aliphatic rings. The molecule has 2 heteroatoms. The van der Waals surface area contributed by atoms with Crippen molar-refractivity contribution in [3.63, 3.8) is 0 Å².